The fraction of sp³-hybridized carbons (Fsp3) is 0.211. The summed E-state index contributed by atoms with van der Waals surface area (Å²) in [5.41, 5.74) is 2.95. The number of thioether (sulfide) groups is 1. The Morgan fingerprint density at radius 1 is 1.22 bits per heavy atom. The molecule has 0 radical (unpaired) electrons. The first-order chi connectivity index (χ1) is 12.9. The average Bonchev–Trinajstić information content (AvgIpc) is 3.09. The van der Waals surface area contributed by atoms with E-state index in [1.54, 1.807) is 18.5 Å². The summed E-state index contributed by atoms with van der Waals surface area (Å²) in [5, 5.41) is 12.8. The van der Waals surface area contributed by atoms with Crippen molar-refractivity contribution in [1.29, 1.82) is 0 Å². The molecule has 0 aliphatic heterocycles. The molecular formula is C19H18Cl2N4OS. The molecule has 1 atom stereocenters. The second-order valence-corrected chi connectivity index (χ2v) is 7.85. The average molecular weight is 421 g/mol. The molecule has 140 valence electrons. The van der Waals surface area contributed by atoms with Crippen molar-refractivity contribution < 1.29 is 4.79 Å². The standard InChI is InChI=1S/C19H18Cl2N4OS/c1-12-3-6-15(7-4-12)25-11-22-24-19(25)27-10-18(26)23-13(2)16-8-5-14(20)9-17(16)21/h3-9,11,13H,10H2,1-2H3,(H,23,26)/t13-/m1/s1. The minimum atomic E-state index is -0.224. The molecule has 0 spiro atoms. The lowest BCUT2D eigenvalue weighted by molar-refractivity contribution is -0.119. The highest BCUT2D eigenvalue weighted by Gasteiger charge is 2.15. The van der Waals surface area contributed by atoms with Crippen LogP contribution in [-0.4, -0.2) is 26.4 Å². The van der Waals surface area contributed by atoms with Crippen molar-refractivity contribution in [2.45, 2.75) is 25.0 Å². The summed E-state index contributed by atoms with van der Waals surface area (Å²) in [7, 11) is 0. The SMILES string of the molecule is Cc1ccc(-n2cnnc2SCC(=O)N[C@H](C)c2ccc(Cl)cc2Cl)cc1. The van der Waals surface area contributed by atoms with Crippen LogP contribution in [0.4, 0.5) is 0 Å². The molecule has 0 bridgehead atoms. The zero-order valence-electron chi connectivity index (χ0n) is 14.8. The number of nitrogens with one attached hydrogen (secondary N) is 1. The Morgan fingerprint density at radius 3 is 2.67 bits per heavy atom. The molecule has 3 rings (SSSR count). The smallest absolute Gasteiger partial charge is 0.230 e. The Balaban J connectivity index is 1.61. The topological polar surface area (TPSA) is 59.8 Å². The van der Waals surface area contributed by atoms with Crippen LogP contribution in [-0.2, 0) is 4.79 Å². The van der Waals surface area contributed by atoms with Crippen molar-refractivity contribution in [3.8, 4) is 5.69 Å². The van der Waals surface area contributed by atoms with Gasteiger partial charge in [0, 0.05) is 15.7 Å². The number of hydrogen-bond acceptors (Lipinski definition) is 4. The highest BCUT2D eigenvalue weighted by molar-refractivity contribution is 7.99. The summed E-state index contributed by atoms with van der Waals surface area (Å²) in [6.45, 7) is 3.91. The highest BCUT2D eigenvalue weighted by Crippen LogP contribution is 2.26. The lowest BCUT2D eigenvalue weighted by Gasteiger charge is -2.16. The van der Waals surface area contributed by atoms with Gasteiger partial charge in [-0.15, -0.1) is 10.2 Å². The first kappa shape index (κ1) is 19.7. The number of aryl methyl sites for hydroxylation is 1. The largest absolute Gasteiger partial charge is 0.349 e. The van der Waals surface area contributed by atoms with E-state index in [0.717, 1.165) is 11.3 Å². The third kappa shape index (κ3) is 5.03. The van der Waals surface area contributed by atoms with E-state index in [-0.39, 0.29) is 17.7 Å². The second kappa shape index (κ2) is 8.78. The van der Waals surface area contributed by atoms with Crippen molar-refractivity contribution in [1.82, 2.24) is 20.1 Å². The van der Waals surface area contributed by atoms with Crippen LogP contribution in [0.15, 0.2) is 53.9 Å². The first-order valence-corrected chi connectivity index (χ1v) is 10.0. The molecule has 3 aromatic rings. The van der Waals surface area contributed by atoms with Crippen LogP contribution < -0.4 is 5.32 Å². The summed E-state index contributed by atoms with van der Waals surface area (Å²) in [6.07, 6.45) is 1.64. The molecular weight excluding hydrogens is 403 g/mol. The fourth-order valence-corrected chi connectivity index (χ4v) is 3.86. The third-order valence-electron chi connectivity index (χ3n) is 3.97. The predicted octanol–water partition coefficient (Wildman–Crippen LogP) is 4.85. The van der Waals surface area contributed by atoms with Crippen molar-refractivity contribution in [2.24, 2.45) is 0 Å². The Morgan fingerprint density at radius 2 is 1.96 bits per heavy atom. The summed E-state index contributed by atoms with van der Waals surface area (Å²) in [6, 6.07) is 13.0. The number of halogens is 2. The third-order valence-corrected chi connectivity index (χ3v) is 5.47. The van der Waals surface area contributed by atoms with E-state index < -0.39 is 0 Å². The van der Waals surface area contributed by atoms with Crippen LogP contribution in [0.1, 0.15) is 24.1 Å². The highest BCUT2D eigenvalue weighted by atomic mass is 35.5. The number of aromatic nitrogens is 3. The summed E-state index contributed by atoms with van der Waals surface area (Å²) in [5.74, 6) is 0.108. The van der Waals surface area contributed by atoms with Crippen LogP contribution >= 0.6 is 35.0 Å². The number of benzene rings is 2. The van der Waals surface area contributed by atoms with E-state index in [4.69, 9.17) is 23.2 Å². The van der Waals surface area contributed by atoms with E-state index in [2.05, 4.69) is 15.5 Å². The van der Waals surface area contributed by atoms with Crippen LogP contribution in [0.5, 0.6) is 0 Å². The van der Waals surface area contributed by atoms with Gasteiger partial charge in [0.05, 0.1) is 11.8 Å². The molecule has 0 saturated carbocycles. The van der Waals surface area contributed by atoms with Gasteiger partial charge in [-0.1, -0.05) is 58.7 Å². The molecule has 27 heavy (non-hydrogen) atoms. The van der Waals surface area contributed by atoms with Gasteiger partial charge in [-0.05, 0) is 43.7 Å². The molecule has 1 aromatic heterocycles. The maximum absolute atomic E-state index is 12.3. The Labute approximate surface area is 172 Å². The molecule has 0 fully saturated rings. The quantitative estimate of drug-likeness (QED) is 0.578. The minimum Gasteiger partial charge on any atom is -0.349 e. The molecule has 2 aromatic carbocycles. The van der Waals surface area contributed by atoms with E-state index >= 15 is 0 Å². The number of amides is 1. The van der Waals surface area contributed by atoms with Crippen LogP contribution in [0, 0.1) is 6.92 Å². The van der Waals surface area contributed by atoms with Gasteiger partial charge in [0.15, 0.2) is 5.16 Å². The molecule has 1 N–H and O–H groups in total. The van der Waals surface area contributed by atoms with E-state index in [1.807, 2.05) is 48.7 Å². The van der Waals surface area contributed by atoms with Gasteiger partial charge in [0.2, 0.25) is 5.91 Å². The summed E-state index contributed by atoms with van der Waals surface area (Å²) in [4.78, 5) is 12.3. The Kier molecular flexibility index (Phi) is 6.42. The van der Waals surface area contributed by atoms with E-state index in [1.165, 1.54) is 17.3 Å². The van der Waals surface area contributed by atoms with Crippen molar-refractivity contribution in [3.05, 3.63) is 70.0 Å². The van der Waals surface area contributed by atoms with Gasteiger partial charge in [-0.3, -0.25) is 9.36 Å². The van der Waals surface area contributed by atoms with E-state index in [9.17, 15) is 4.79 Å². The number of nitrogens with zero attached hydrogens (tertiary/aromatic N) is 3. The molecule has 0 saturated heterocycles. The van der Waals surface area contributed by atoms with Crippen molar-refractivity contribution in [3.63, 3.8) is 0 Å². The second-order valence-electron chi connectivity index (χ2n) is 6.06. The van der Waals surface area contributed by atoms with Gasteiger partial charge in [0.25, 0.3) is 0 Å². The van der Waals surface area contributed by atoms with Gasteiger partial charge in [-0.25, -0.2) is 0 Å². The Hall–Kier alpha value is -2.02. The molecule has 0 aliphatic rings. The molecule has 0 unspecified atom stereocenters. The van der Waals surface area contributed by atoms with Gasteiger partial charge < -0.3 is 5.32 Å². The molecule has 5 nitrogen and oxygen atoms in total. The zero-order chi connectivity index (χ0) is 19.4. The van der Waals surface area contributed by atoms with Gasteiger partial charge in [-0.2, -0.15) is 0 Å². The zero-order valence-corrected chi connectivity index (χ0v) is 17.1. The van der Waals surface area contributed by atoms with Gasteiger partial charge >= 0.3 is 0 Å². The number of hydrogen-bond donors (Lipinski definition) is 1. The Bertz CT molecular complexity index is 943. The van der Waals surface area contributed by atoms with Crippen molar-refractivity contribution in [2.75, 3.05) is 5.75 Å². The maximum Gasteiger partial charge on any atom is 0.230 e. The minimum absolute atomic E-state index is 0.114. The van der Waals surface area contributed by atoms with Crippen LogP contribution in [0.3, 0.4) is 0 Å². The molecule has 0 aliphatic carbocycles. The van der Waals surface area contributed by atoms with Gasteiger partial charge in [0.1, 0.15) is 6.33 Å². The lowest BCUT2D eigenvalue weighted by atomic mass is 10.1. The number of carbonyl (C=O) groups is 1. The number of carbonyl (C=O) groups excluding carboxylic acids is 1. The monoisotopic (exact) mass is 420 g/mol. The molecule has 8 heteroatoms. The normalized spacial score (nSPS) is 12.0. The van der Waals surface area contributed by atoms with E-state index in [0.29, 0.717) is 15.2 Å². The summed E-state index contributed by atoms with van der Waals surface area (Å²) >= 11 is 13.4. The van der Waals surface area contributed by atoms with Crippen LogP contribution in [0.2, 0.25) is 10.0 Å². The lowest BCUT2D eigenvalue weighted by Crippen LogP contribution is -2.28. The maximum atomic E-state index is 12.3. The fourth-order valence-electron chi connectivity index (χ4n) is 2.55. The molecule has 1 amide bonds. The number of rotatable bonds is 6. The molecule has 1 heterocycles. The first-order valence-electron chi connectivity index (χ1n) is 8.28. The summed E-state index contributed by atoms with van der Waals surface area (Å²) < 4.78 is 1.86. The van der Waals surface area contributed by atoms with Crippen LogP contribution in [0.25, 0.3) is 5.69 Å². The van der Waals surface area contributed by atoms with Crippen molar-refractivity contribution >= 4 is 40.9 Å². The predicted molar refractivity (Wildman–Crippen MR) is 110 cm³/mol.